The predicted molar refractivity (Wildman–Crippen MR) is 40.9 cm³/mol. The summed E-state index contributed by atoms with van der Waals surface area (Å²) in [4.78, 5) is 15.4. The Labute approximate surface area is 64.9 Å². The minimum atomic E-state index is -0.552. The minimum absolute atomic E-state index is 0.0440. The van der Waals surface area contributed by atoms with Crippen LogP contribution >= 0.6 is 0 Å². The second kappa shape index (κ2) is 1.75. The molecule has 0 radical (unpaired) electrons. The molecule has 1 aliphatic carbocycles. The Morgan fingerprint density at radius 3 is 2.73 bits per heavy atom. The van der Waals surface area contributed by atoms with Crippen LogP contribution in [-0.4, -0.2) is 17.4 Å². The predicted octanol–water partition coefficient (Wildman–Crippen LogP) is -0.400. The van der Waals surface area contributed by atoms with E-state index >= 15 is 0 Å². The van der Waals surface area contributed by atoms with Gasteiger partial charge in [-0.3, -0.25) is 10.1 Å². The van der Waals surface area contributed by atoms with E-state index in [-0.39, 0.29) is 11.9 Å². The maximum Gasteiger partial charge on any atom is 0.254 e. The minimum Gasteiger partial charge on any atom is -0.370 e. The van der Waals surface area contributed by atoms with Gasteiger partial charge in [0.2, 0.25) is 0 Å². The van der Waals surface area contributed by atoms with E-state index in [4.69, 9.17) is 5.73 Å². The molecular formula is C7H11N3O. The van der Waals surface area contributed by atoms with Gasteiger partial charge in [-0.15, -0.1) is 0 Å². The highest BCUT2D eigenvalue weighted by Gasteiger charge is 2.50. The van der Waals surface area contributed by atoms with Crippen molar-refractivity contribution >= 4 is 11.9 Å². The average Bonchev–Trinajstić information content (AvgIpc) is 2.63. The maximum absolute atomic E-state index is 11.3. The first kappa shape index (κ1) is 6.64. The molecule has 0 aromatic carbocycles. The Hall–Kier alpha value is -1.06. The van der Waals surface area contributed by atoms with Gasteiger partial charge in [0.05, 0.1) is 0 Å². The second-order valence-corrected chi connectivity index (χ2v) is 3.37. The van der Waals surface area contributed by atoms with Gasteiger partial charge < -0.3 is 5.73 Å². The average molecular weight is 153 g/mol. The third-order valence-corrected chi connectivity index (χ3v) is 2.43. The summed E-state index contributed by atoms with van der Waals surface area (Å²) in [5, 5.41) is 2.52. The van der Waals surface area contributed by atoms with Crippen molar-refractivity contribution in [3.8, 4) is 0 Å². The molecule has 0 aromatic heterocycles. The van der Waals surface area contributed by atoms with Gasteiger partial charge in [-0.25, -0.2) is 4.99 Å². The molecular weight excluding hydrogens is 142 g/mol. The molecule has 3 N–H and O–H groups in total. The molecule has 1 saturated carbocycles. The molecule has 60 valence electrons. The maximum atomic E-state index is 11.3. The summed E-state index contributed by atoms with van der Waals surface area (Å²) in [7, 11) is 0. The highest BCUT2D eigenvalue weighted by molar-refractivity contribution is 6.06. The molecule has 4 heteroatoms. The smallest absolute Gasteiger partial charge is 0.254 e. The van der Waals surface area contributed by atoms with E-state index in [2.05, 4.69) is 10.3 Å². The van der Waals surface area contributed by atoms with Crippen LogP contribution in [0.3, 0.4) is 0 Å². The van der Waals surface area contributed by atoms with Crippen molar-refractivity contribution < 1.29 is 4.79 Å². The first-order valence-corrected chi connectivity index (χ1v) is 3.80. The fourth-order valence-corrected chi connectivity index (χ4v) is 1.49. The molecule has 2 aliphatic rings. The van der Waals surface area contributed by atoms with Crippen molar-refractivity contribution in [1.29, 1.82) is 0 Å². The molecule has 1 heterocycles. The van der Waals surface area contributed by atoms with Gasteiger partial charge in [0, 0.05) is 0 Å². The number of amides is 1. The lowest BCUT2D eigenvalue weighted by molar-refractivity contribution is -0.123. The number of guanidine groups is 1. The van der Waals surface area contributed by atoms with Gasteiger partial charge in [-0.05, 0) is 25.7 Å². The van der Waals surface area contributed by atoms with E-state index < -0.39 is 5.54 Å². The molecule has 1 atom stereocenters. The lowest BCUT2D eigenvalue weighted by Gasteiger charge is -2.15. The van der Waals surface area contributed by atoms with Gasteiger partial charge >= 0.3 is 0 Å². The molecule has 0 aromatic rings. The topological polar surface area (TPSA) is 67.5 Å². The number of carbonyl (C=O) groups is 1. The molecule has 0 spiro atoms. The quantitative estimate of drug-likeness (QED) is 0.538. The number of carbonyl (C=O) groups excluding carboxylic acids is 1. The van der Waals surface area contributed by atoms with Crippen molar-refractivity contribution in [2.24, 2.45) is 16.6 Å². The second-order valence-electron chi connectivity index (χ2n) is 3.37. The van der Waals surface area contributed by atoms with E-state index in [1.165, 1.54) is 0 Å². The number of hydrogen-bond donors (Lipinski definition) is 2. The number of nitrogens with zero attached hydrogens (tertiary/aromatic N) is 1. The number of rotatable bonds is 1. The molecule has 1 unspecified atom stereocenters. The van der Waals surface area contributed by atoms with Crippen LogP contribution in [0, 0.1) is 5.92 Å². The molecule has 0 bridgehead atoms. The Kier molecular flexibility index (Phi) is 1.06. The Balaban J connectivity index is 2.29. The van der Waals surface area contributed by atoms with Gasteiger partial charge in [-0.2, -0.15) is 0 Å². The largest absolute Gasteiger partial charge is 0.370 e. The van der Waals surface area contributed by atoms with Crippen molar-refractivity contribution in [3.63, 3.8) is 0 Å². The normalized spacial score (nSPS) is 36.8. The van der Waals surface area contributed by atoms with Crippen LogP contribution in [0.4, 0.5) is 0 Å². The fourth-order valence-electron chi connectivity index (χ4n) is 1.49. The summed E-state index contributed by atoms with van der Waals surface area (Å²) in [6.07, 6.45) is 2.20. The number of nitrogens with one attached hydrogen (secondary N) is 1. The summed E-state index contributed by atoms with van der Waals surface area (Å²) in [6, 6.07) is 0. The van der Waals surface area contributed by atoms with E-state index in [1.807, 2.05) is 6.92 Å². The van der Waals surface area contributed by atoms with Gasteiger partial charge in [0.25, 0.3) is 5.91 Å². The van der Waals surface area contributed by atoms with Crippen LogP contribution in [0.1, 0.15) is 19.8 Å². The molecule has 1 aliphatic heterocycles. The van der Waals surface area contributed by atoms with Crippen LogP contribution in [0.5, 0.6) is 0 Å². The van der Waals surface area contributed by atoms with Crippen LogP contribution in [0.25, 0.3) is 0 Å². The number of nitrogens with two attached hydrogens (primary N) is 1. The fraction of sp³-hybridized carbons (Fsp3) is 0.714. The molecule has 0 saturated heterocycles. The molecule has 11 heavy (non-hydrogen) atoms. The van der Waals surface area contributed by atoms with E-state index in [9.17, 15) is 4.79 Å². The SMILES string of the molecule is CC1(C2CC2)N=C(N)NC1=O. The van der Waals surface area contributed by atoms with E-state index in [0.29, 0.717) is 5.92 Å². The third kappa shape index (κ3) is 0.818. The van der Waals surface area contributed by atoms with Crippen molar-refractivity contribution in [1.82, 2.24) is 5.32 Å². The Morgan fingerprint density at radius 1 is 1.73 bits per heavy atom. The van der Waals surface area contributed by atoms with Crippen molar-refractivity contribution in [2.45, 2.75) is 25.3 Å². The molecule has 1 amide bonds. The molecule has 1 fully saturated rings. The standard InChI is InChI=1S/C7H11N3O/c1-7(4-2-3-4)5(11)9-6(8)10-7/h4H,2-3H2,1H3,(H3,8,9,10,11). The summed E-state index contributed by atoms with van der Waals surface area (Å²) >= 11 is 0. The zero-order valence-electron chi connectivity index (χ0n) is 6.42. The van der Waals surface area contributed by atoms with Crippen molar-refractivity contribution in [3.05, 3.63) is 0 Å². The number of hydrogen-bond acceptors (Lipinski definition) is 3. The van der Waals surface area contributed by atoms with Gasteiger partial charge in [0.1, 0.15) is 5.54 Å². The van der Waals surface area contributed by atoms with E-state index in [0.717, 1.165) is 12.8 Å². The van der Waals surface area contributed by atoms with Crippen LogP contribution < -0.4 is 11.1 Å². The third-order valence-electron chi connectivity index (χ3n) is 2.43. The molecule has 2 rings (SSSR count). The zero-order chi connectivity index (χ0) is 8.06. The lowest BCUT2D eigenvalue weighted by Crippen LogP contribution is -2.40. The monoisotopic (exact) mass is 153 g/mol. The van der Waals surface area contributed by atoms with Crippen LogP contribution in [-0.2, 0) is 4.79 Å². The van der Waals surface area contributed by atoms with Crippen LogP contribution in [0.2, 0.25) is 0 Å². The summed E-state index contributed by atoms with van der Waals surface area (Å²) < 4.78 is 0. The first-order chi connectivity index (χ1) is 5.13. The molecule has 4 nitrogen and oxygen atoms in total. The Morgan fingerprint density at radius 2 is 2.36 bits per heavy atom. The Bertz CT molecular complexity index is 244. The summed E-state index contributed by atoms with van der Waals surface area (Å²) in [6.45, 7) is 1.85. The summed E-state index contributed by atoms with van der Waals surface area (Å²) in [5.74, 6) is 0.644. The van der Waals surface area contributed by atoms with Crippen LogP contribution in [0.15, 0.2) is 4.99 Å². The van der Waals surface area contributed by atoms with E-state index in [1.54, 1.807) is 0 Å². The summed E-state index contributed by atoms with van der Waals surface area (Å²) in [5.41, 5.74) is 4.83. The van der Waals surface area contributed by atoms with Crippen molar-refractivity contribution in [2.75, 3.05) is 0 Å². The van der Waals surface area contributed by atoms with Gasteiger partial charge in [-0.1, -0.05) is 0 Å². The highest BCUT2D eigenvalue weighted by Crippen LogP contribution is 2.43. The zero-order valence-corrected chi connectivity index (χ0v) is 6.42. The number of aliphatic imine (C=N–C) groups is 1. The highest BCUT2D eigenvalue weighted by atomic mass is 16.2. The first-order valence-electron chi connectivity index (χ1n) is 3.80. The van der Waals surface area contributed by atoms with Gasteiger partial charge in [0.15, 0.2) is 5.96 Å². The lowest BCUT2D eigenvalue weighted by atomic mass is 9.97.